The van der Waals surface area contributed by atoms with E-state index in [-0.39, 0.29) is 5.56 Å². The molecule has 0 amide bonds. The second kappa shape index (κ2) is 8.32. The highest BCUT2D eigenvalue weighted by molar-refractivity contribution is 6.08. The lowest BCUT2D eigenvalue weighted by Gasteiger charge is -2.12. The van der Waals surface area contributed by atoms with E-state index in [4.69, 9.17) is 19.9 Å². The molecule has 1 atom stereocenters. The lowest BCUT2D eigenvalue weighted by molar-refractivity contribution is 0.0123. The smallest absolute Gasteiger partial charge is 0.344 e. The van der Waals surface area contributed by atoms with Crippen LogP contribution in [0.4, 0.5) is 5.82 Å². The van der Waals surface area contributed by atoms with E-state index in [9.17, 15) is 4.79 Å². The molecule has 144 valence electrons. The Morgan fingerprint density at radius 2 is 1.89 bits per heavy atom. The van der Waals surface area contributed by atoms with Crippen molar-refractivity contribution in [2.24, 2.45) is 0 Å². The van der Waals surface area contributed by atoms with Gasteiger partial charge in [0.2, 0.25) is 0 Å². The molecule has 2 heterocycles. The van der Waals surface area contributed by atoms with E-state index in [2.05, 4.69) is 9.97 Å². The average Bonchev–Trinajstić information content (AvgIpc) is 2.91. The van der Waals surface area contributed by atoms with Crippen LogP contribution in [0.25, 0.3) is 22.2 Å². The molecule has 0 fully saturated rings. The highest BCUT2D eigenvalue weighted by Crippen LogP contribution is 2.29. The SMILES string of the molecule is COCCCn1c(N)c(C(=O)O[C@@H](C)COC)c2nc3ccccc3nc21. The van der Waals surface area contributed by atoms with Gasteiger partial charge in [-0.2, -0.15) is 0 Å². The number of fused-ring (bicyclic) bond motifs is 2. The number of benzene rings is 1. The number of rotatable bonds is 8. The van der Waals surface area contributed by atoms with Crippen molar-refractivity contribution in [1.29, 1.82) is 0 Å². The molecule has 0 aliphatic rings. The van der Waals surface area contributed by atoms with Crippen LogP contribution in [0.15, 0.2) is 24.3 Å². The molecule has 0 aliphatic carbocycles. The predicted octanol–water partition coefficient (Wildman–Crippen LogP) is 2.39. The zero-order valence-corrected chi connectivity index (χ0v) is 15.8. The molecule has 0 spiro atoms. The van der Waals surface area contributed by atoms with Crippen molar-refractivity contribution >= 4 is 34.0 Å². The van der Waals surface area contributed by atoms with E-state index in [1.54, 1.807) is 25.7 Å². The summed E-state index contributed by atoms with van der Waals surface area (Å²) in [6.45, 7) is 3.19. The Bertz CT molecular complexity index is 954. The summed E-state index contributed by atoms with van der Waals surface area (Å²) in [5.41, 5.74) is 9.00. The summed E-state index contributed by atoms with van der Waals surface area (Å²) < 4.78 is 17.4. The number of aromatic nitrogens is 3. The number of ether oxygens (including phenoxy) is 3. The molecule has 8 nitrogen and oxygen atoms in total. The van der Waals surface area contributed by atoms with Gasteiger partial charge in [-0.05, 0) is 25.5 Å². The van der Waals surface area contributed by atoms with Gasteiger partial charge < -0.3 is 24.5 Å². The lowest BCUT2D eigenvalue weighted by atomic mass is 10.2. The summed E-state index contributed by atoms with van der Waals surface area (Å²) in [6.07, 6.45) is 0.329. The van der Waals surface area contributed by atoms with E-state index in [1.807, 2.05) is 24.3 Å². The van der Waals surface area contributed by atoms with Gasteiger partial charge in [0.25, 0.3) is 0 Å². The van der Waals surface area contributed by atoms with Crippen molar-refractivity contribution in [2.45, 2.75) is 26.0 Å². The Kier molecular flexibility index (Phi) is 5.88. The fraction of sp³-hybridized carbons (Fsp3) is 0.421. The highest BCUT2D eigenvalue weighted by atomic mass is 16.6. The maximum absolute atomic E-state index is 12.8. The van der Waals surface area contributed by atoms with Gasteiger partial charge in [-0.25, -0.2) is 14.8 Å². The van der Waals surface area contributed by atoms with Crippen LogP contribution < -0.4 is 5.73 Å². The third-order valence-corrected chi connectivity index (χ3v) is 4.24. The number of hydrogen-bond acceptors (Lipinski definition) is 7. The second-order valence-electron chi connectivity index (χ2n) is 6.31. The second-order valence-corrected chi connectivity index (χ2v) is 6.31. The molecule has 0 saturated carbocycles. The zero-order valence-electron chi connectivity index (χ0n) is 15.8. The molecular weight excluding hydrogens is 348 g/mol. The first kappa shape index (κ1) is 19.1. The van der Waals surface area contributed by atoms with Crippen LogP contribution in [0, 0.1) is 0 Å². The summed E-state index contributed by atoms with van der Waals surface area (Å²) in [5, 5.41) is 0. The first-order valence-corrected chi connectivity index (χ1v) is 8.80. The first-order valence-electron chi connectivity index (χ1n) is 8.80. The van der Waals surface area contributed by atoms with Crippen LogP contribution in [0.3, 0.4) is 0 Å². The maximum Gasteiger partial charge on any atom is 0.344 e. The molecule has 0 saturated heterocycles. The Labute approximate surface area is 157 Å². The molecule has 3 rings (SSSR count). The molecule has 0 bridgehead atoms. The summed E-state index contributed by atoms with van der Waals surface area (Å²) in [5.74, 6) is -0.233. The van der Waals surface area contributed by atoms with E-state index in [1.165, 1.54) is 0 Å². The van der Waals surface area contributed by atoms with Gasteiger partial charge in [0.1, 0.15) is 23.0 Å². The van der Waals surface area contributed by atoms with Crippen LogP contribution in [0.5, 0.6) is 0 Å². The molecule has 8 heteroatoms. The Morgan fingerprint density at radius 1 is 1.19 bits per heavy atom. The van der Waals surface area contributed by atoms with Crippen LogP contribution in [-0.2, 0) is 20.8 Å². The number of carbonyl (C=O) groups is 1. The normalized spacial score (nSPS) is 12.6. The number of esters is 1. The molecule has 27 heavy (non-hydrogen) atoms. The fourth-order valence-electron chi connectivity index (χ4n) is 3.02. The van der Waals surface area contributed by atoms with E-state index < -0.39 is 12.1 Å². The third-order valence-electron chi connectivity index (χ3n) is 4.24. The highest BCUT2D eigenvalue weighted by Gasteiger charge is 2.26. The summed E-state index contributed by atoms with van der Waals surface area (Å²) >= 11 is 0. The lowest BCUT2D eigenvalue weighted by Crippen LogP contribution is -2.20. The van der Waals surface area contributed by atoms with Gasteiger partial charge in [-0.3, -0.25) is 0 Å². The predicted molar refractivity (Wildman–Crippen MR) is 103 cm³/mol. The quantitative estimate of drug-likeness (QED) is 0.478. The first-order chi connectivity index (χ1) is 13.1. The number of anilines is 1. The van der Waals surface area contributed by atoms with Gasteiger partial charge in [0.05, 0.1) is 17.6 Å². The minimum Gasteiger partial charge on any atom is -0.456 e. The van der Waals surface area contributed by atoms with Crippen molar-refractivity contribution < 1.29 is 19.0 Å². The number of para-hydroxylation sites is 2. The number of hydrogen-bond donors (Lipinski definition) is 1. The van der Waals surface area contributed by atoms with Crippen molar-refractivity contribution in [1.82, 2.24) is 14.5 Å². The number of methoxy groups -OCH3 is 2. The van der Waals surface area contributed by atoms with E-state index in [0.717, 1.165) is 11.9 Å². The fourth-order valence-corrected chi connectivity index (χ4v) is 3.02. The van der Waals surface area contributed by atoms with Gasteiger partial charge in [-0.15, -0.1) is 0 Å². The van der Waals surface area contributed by atoms with Crippen LogP contribution in [0.1, 0.15) is 23.7 Å². The number of nitrogens with zero attached hydrogens (tertiary/aromatic N) is 3. The summed E-state index contributed by atoms with van der Waals surface area (Å²) in [4.78, 5) is 22.1. The van der Waals surface area contributed by atoms with Crippen LogP contribution in [0.2, 0.25) is 0 Å². The van der Waals surface area contributed by atoms with Crippen molar-refractivity contribution in [3.8, 4) is 0 Å². The minimum atomic E-state index is -0.530. The average molecular weight is 372 g/mol. The Morgan fingerprint density at radius 3 is 2.56 bits per heavy atom. The number of nitrogens with two attached hydrogens (primary N) is 1. The molecule has 0 unspecified atom stereocenters. The van der Waals surface area contributed by atoms with Gasteiger partial charge in [0.15, 0.2) is 5.65 Å². The van der Waals surface area contributed by atoms with E-state index >= 15 is 0 Å². The third kappa shape index (κ3) is 3.86. The van der Waals surface area contributed by atoms with Gasteiger partial charge in [-0.1, -0.05) is 12.1 Å². The molecule has 1 aromatic carbocycles. The van der Waals surface area contributed by atoms with Crippen molar-refractivity contribution in [2.75, 3.05) is 33.2 Å². The molecule has 0 radical (unpaired) electrons. The topological polar surface area (TPSA) is 101 Å². The monoisotopic (exact) mass is 372 g/mol. The van der Waals surface area contributed by atoms with Crippen molar-refractivity contribution in [3.63, 3.8) is 0 Å². The minimum absolute atomic E-state index is 0.239. The molecule has 2 aromatic heterocycles. The Hall–Kier alpha value is -2.71. The summed E-state index contributed by atoms with van der Waals surface area (Å²) in [6, 6.07) is 7.50. The largest absolute Gasteiger partial charge is 0.456 e. The Balaban J connectivity index is 2.11. The molecule has 0 aliphatic heterocycles. The van der Waals surface area contributed by atoms with Crippen molar-refractivity contribution in [3.05, 3.63) is 29.8 Å². The number of aryl methyl sites for hydroxylation is 1. The molecular formula is C19H24N4O4. The van der Waals surface area contributed by atoms with E-state index in [0.29, 0.717) is 42.3 Å². The van der Waals surface area contributed by atoms with Gasteiger partial charge >= 0.3 is 5.97 Å². The number of nitrogen functional groups attached to an aromatic ring is 1. The summed E-state index contributed by atoms with van der Waals surface area (Å²) in [7, 11) is 3.20. The standard InChI is InChI=1S/C19H24N4O4/c1-12(11-26-3)27-19(24)15-16-18(23(17(15)20)9-6-10-25-2)22-14-8-5-4-7-13(14)21-16/h4-5,7-8,12H,6,9-11,20H2,1-3H3/t12-/m0/s1. The molecule has 3 aromatic rings. The number of carbonyl (C=O) groups excluding carboxylic acids is 1. The van der Waals surface area contributed by atoms with Crippen LogP contribution in [-0.4, -0.2) is 54.0 Å². The maximum atomic E-state index is 12.8. The molecule has 2 N–H and O–H groups in total. The van der Waals surface area contributed by atoms with Gasteiger partial charge in [0, 0.05) is 27.4 Å². The van der Waals surface area contributed by atoms with Crippen LogP contribution >= 0.6 is 0 Å². The zero-order chi connectivity index (χ0) is 19.4.